The number of aliphatic hydroxyl groups excluding tert-OH is 1. The predicted octanol–water partition coefficient (Wildman–Crippen LogP) is 1.47. The Balaban J connectivity index is 2.61. The zero-order valence-electron chi connectivity index (χ0n) is 12.1. The first kappa shape index (κ1) is 16.9. The fourth-order valence-electron chi connectivity index (χ4n) is 2.08. The second-order valence-corrected chi connectivity index (χ2v) is 4.63. The highest BCUT2D eigenvalue weighted by Crippen LogP contribution is 2.31. The molecule has 0 unspecified atom stereocenters. The lowest BCUT2D eigenvalue weighted by molar-refractivity contribution is -0.144. The van der Waals surface area contributed by atoms with Crippen LogP contribution in [0.4, 0.5) is 13.2 Å². The van der Waals surface area contributed by atoms with Crippen LogP contribution >= 0.6 is 0 Å². The number of fused-ring (bicyclic) bond motifs is 1. The molecule has 0 saturated carbocycles. The number of halogens is 3. The van der Waals surface area contributed by atoms with Crippen molar-refractivity contribution in [3.8, 4) is 0 Å². The van der Waals surface area contributed by atoms with Crippen LogP contribution in [0.5, 0.6) is 0 Å². The van der Waals surface area contributed by atoms with Gasteiger partial charge in [-0.25, -0.2) is 4.68 Å². The van der Waals surface area contributed by atoms with Crippen molar-refractivity contribution in [1.29, 1.82) is 0 Å². The summed E-state index contributed by atoms with van der Waals surface area (Å²) in [6.07, 6.45) is -4.58. The molecule has 2 rings (SSSR count). The molecule has 1 N–H and O–H groups in total. The number of carbonyl (C=O) groups is 1. The van der Waals surface area contributed by atoms with Gasteiger partial charge in [0.2, 0.25) is 0 Å². The van der Waals surface area contributed by atoms with Crippen molar-refractivity contribution in [1.82, 2.24) is 9.78 Å². The molecular formula is C14H13F3N2O4. The van der Waals surface area contributed by atoms with Crippen molar-refractivity contribution in [2.45, 2.75) is 26.3 Å². The van der Waals surface area contributed by atoms with Crippen molar-refractivity contribution in [3.05, 3.63) is 39.8 Å². The van der Waals surface area contributed by atoms with Gasteiger partial charge in [-0.2, -0.15) is 18.3 Å². The third kappa shape index (κ3) is 3.50. The molecule has 2 aromatic rings. The smallest absolute Gasteiger partial charge is 0.416 e. The van der Waals surface area contributed by atoms with E-state index in [1.165, 1.54) is 0 Å². The molecule has 1 aromatic heterocycles. The van der Waals surface area contributed by atoms with E-state index >= 15 is 0 Å². The first-order valence-electron chi connectivity index (χ1n) is 6.65. The van der Waals surface area contributed by atoms with Crippen molar-refractivity contribution in [2.24, 2.45) is 0 Å². The summed E-state index contributed by atoms with van der Waals surface area (Å²) in [5.74, 6) is -0.711. The van der Waals surface area contributed by atoms with Crippen LogP contribution < -0.4 is 5.56 Å². The number of aliphatic hydroxyl groups is 1. The molecular weight excluding hydrogens is 317 g/mol. The number of hydrogen-bond acceptors (Lipinski definition) is 5. The Hall–Kier alpha value is -2.42. The summed E-state index contributed by atoms with van der Waals surface area (Å²) in [4.78, 5) is 23.7. The van der Waals surface area contributed by atoms with Crippen molar-refractivity contribution in [3.63, 3.8) is 0 Å². The van der Waals surface area contributed by atoms with Crippen LogP contribution in [-0.4, -0.2) is 27.5 Å². The summed E-state index contributed by atoms with van der Waals surface area (Å²) >= 11 is 0. The number of esters is 1. The van der Waals surface area contributed by atoms with E-state index in [0.717, 1.165) is 22.9 Å². The summed E-state index contributed by atoms with van der Waals surface area (Å²) < 4.78 is 43.7. The largest absolute Gasteiger partial charge is 0.465 e. The fourth-order valence-corrected chi connectivity index (χ4v) is 2.08. The summed E-state index contributed by atoms with van der Waals surface area (Å²) in [6.45, 7) is 0.535. The SMILES string of the molecule is CCOC(=O)Cn1nc(CO)c2cc(C(F)(F)F)ccc2c1=O. The van der Waals surface area contributed by atoms with E-state index in [1.54, 1.807) is 6.92 Å². The van der Waals surface area contributed by atoms with E-state index < -0.39 is 36.4 Å². The van der Waals surface area contributed by atoms with E-state index in [4.69, 9.17) is 4.74 Å². The number of nitrogens with zero attached hydrogens (tertiary/aromatic N) is 2. The van der Waals surface area contributed by atoms with Crippen molar-refractivity contribution in [2.75, 3.05) is 6.61 Å². The van der Waals surface area contributed by atoms with Gasteiger partial charge in [0.15, 0.2) is 0 Å². The number of ether oxygens (including phenoxy) is 1. The van der Waals surface area contributed by atoms with Crippen LogP contribution in [0.25, 0.3) is 10.8 Å². The maximum Gasteiger partial charge on any atom is 0.416 e. The summed E-state index contributed by atoms with van der Waals surface area (Å²) in [5, 5.41) is 12.9. The van der Waals surface area contributed by atoms with E-state index in [9.17, 15) is 27.9 Å². The lowest BCUT2D eigenvalue weighted by Crippen LogP contribution is -2.29. The standard InChI is InChI=1S/C14H13F3N2O4/c1-2-23-12(21)6-19-13(22)9-4-3-8(14(15,16)17)5-10(9)11(7-20)18-19/h3-5,20H,2,6-7H2,1H3. The highest BCUT2D eigenvalue weighted by Gasteiger charge is 2.31. The molecule has 9 heteroatoms. The van der Waals surface area contributed by atoms with E-state index in [-0.39, 0.29) is 23.1 Å². The fraction of sp³-hybridized carbons (Fsp3) is 0.357. The minimum Gasteiger partial charge on any atom is -0.465 e. The molecule has 0 aliphatic heterocycles. The molecule has 0 atom stereocenters. The highest BCUT2D eigenvalue weighted by molar-refractivity contribution is 5.84. The maximum absolute atomic E-state index is 12.8. The molecule has 124 valence electrons. The van der Waals surface area contributed by atoms with Gasteiger partial charge in [-0.3, -0.25) is 9.59 Å². The molecule has 0 bridgehead atoms. The second-order valence-electron chi connectivity index (χ2n) is 4.63. The molecule has 0 aliphatic rings. The Morgan fingerprint density at radius 2 is 2.04 bits per heavy atom. The zero-order chi connectivity index (χ0) is 17.2. The van der Waals surface area contributed by atoms with Gasteiger partial charge in [-0.1, -0.05) is 0 Å². The minimum atomic E-state index is -4.58. The van der Waals surface area contributed by atoms with Crippen LogP contribution in [-0.2, 0) is 28.9 Å². The van der Waals surface area contributed by atoms with Gasteiger partial charge in [-0.15, -0.1) is 0 Å². The lowest BCUT2D eigenvalue weighted by atomic mass is 10.1. The molecule has 0 aliphatic carbocycles. The Morgan fingerprint density at radius 3 is 2.61 bits per heavy atom. The molecule has 1 aromatic carbocycles. The Labute approximate surface area is 128 Å². The lowest BCUT2D eigenvalue weighted by Gasteiger charge is -2.12. The minimum absolute atomic E-state index is 0.0682. The first-order chi connectivity index (χ1) is 10.8. The quantitative estimate of drug-likeness (QED) is 0.859. The number of carbonyl (C=O) groups excluding carboxylic acids is 1. The Morgan fingerprint density at radius 1 is 1.35 bits per heavy atom. The molecule has 0 saturated heterocycles. The predicted molar refractivity (Wildman–Crippen MR) is 73.6 cm³/mol. The molecule has 1 heterocycles. The van der Waals surface area contributed by atoms with E-state index in [0.29, 0.717) is 0 Å². The maximum atomic E-state index is 12.8. The first-order valence-corrected chi connectivity index (χ1v) is 6.65. The second kappa shape index (κ2) is 6.37. The van der Waals surface area contributed by atoms with Crippen LogP contribution in [0.15, 0.2) is 23.0 Å². The normalized spacial score (nSPS) is 11.7. The zero-order valence-corrected chi connectivity index (χ0v) is 12.1. The molecule has 0 radical (unpaired) electrons. The number of hydrogen-bond donors (Lipinski definition) is 1. The number of alkyl halides is 3. The van der Waals surface area contributed by atoms with Gasteiger partial charge in [0, 0.05) is 5.39 Å². The van der Waals surface area contributed by atoms with Gasteiger partial charge in [0.25, 0.3) is 5.56 Å². The van der Waals surface area contributed by atoms with Gasteiger partial charge >= 0.3 is 12.1 Å². The van der Waals surface area contributed by atoms with Crippen LogP contribution in [0, 0.1) is 0 Å². The monoisotopic (exact) mass is 330 g/mol. The molecule has 0 fully saturated rings. The Kier molecular flexibility index (Phi) is 4.69. The molecule has 0 spiro atoms. The van der Waals surface area contributed by atoms with E-state index in [2.05, 4.69) is 5.10 Å². The van der Waals surface area contributed by atoms with Crippen LogP contribution in [0.1, 0.15) is 18.2 Å². The van der Waals surface area contributed by atoms with Gasteiger partial charge in [0.05, 0.1) is 29.9 Å². The number of aromatic nitrogens is 2. The average molecular weight is 330 g/mol. The average Bonchev–Trinajstić information content (AvgIpc) is 2.49. The van der Waals surface area contributed by atoms with Gasteiger partial charge in [0.1, 0.15) is 6.54 Å². The third-order valence-electron chi connectivity index (χ3n) is 3.10. The van der Waals surface area contributed by atoms with Gasteiger partial charge in [-0.05, 0) is 25.1 Å². The summed E-state index contributed by atoms with van der Waals surface area (Å²) in [7, 11) is 0. The van der Waals surface area contributed by atoms with Gasteiger partial charge < -0.3 is 9.84 Å². The Bertz CT molecular complexity index is 799. The van der Waals surface area contributed by atoms with Crippen molar-refractivity contribution < 1.29 is 27.8 Å². The summed E-state index contributed by atoms with van der Waals surface area (Å²) in [5.41, 5.74) is -1.82. The highest BCUT2D eigenvalue weighted by atomic mass is 19.4. The number of rotatable bonds is 4. The van der Waals surface area contributed by atoms with Crippen molar-refractivity contribution >= 4 is 16.7 Å². The topological polar surface area (TPSA) is 81.4 Å². The summed E-state index contributed by atoms with van der Waals surface area (Å²) in [6, 6.07) is 2.52. The van der Waals surface area contributed by atoms with Crippen LogP contribution in [0.2, 0.25) is 0 Å². The number of benzene rings is 1. The van der Waals surface area contributed by atoms with Crippen LogP contribution in [0.3, 0.4) is 0 Å². The third-order valence-corrected chi connectivity index (χ3v) is 3.10. The molecule has 23 heavy (non-hydrogen) atoms. The molecule has 0 amide bonds. The van der Waals surface area contributed by atoms with E-state index in [1.807, 2.05) is 0 Å². The molecule has 6 nitrogen and oxygen atoms in total.